The molecule has 0 spiro atoms. The highest BCUT2D eigenvalue weighted by Crippen LogP contribution is 2.16. The van der Waals surface area contributed by atoms with Gasteiger partial charge in [-0.3, -0.25) is 10.1 Å². The summed E-state index contributed by atoms with van der Waals surface area (Å²) in [6.07, 6.45) is 0.139. The van der Waals surface area contributed by atoms with Crippen molar-refractivity contribution < 1.29 is 23.9 Å². The maximum absolute atomic E-state index is 12.1. The second-order valence-electron chi connectivity index (χ2n) is 6.28. The molecule has 0 heterocycles. The predicted molar refractivity (Wildman–Crippen MR) is 93.1 cm³/mol. The van der Waals surface area contributed by atoms with Gasteiger partial charge < -0.3 is 9.47 Å². The van der Waals surface area contributed by atoms with Crippen LogP contribution in [0.5, 0.6) is 5.75 Å². The van der Waals surface area contributed by atoms with E-state index in [1.54, 1.807) is 57.2 Å². The molecule has 6 nitrogen and oxygen atoms in total. The zero-order valence-corrected chi connectivity index (χ0v) is 14.2. The van der Waals surface area contributed by atoms with E-state index in [0.717, 1.165) is 0 Å². The van der Waals surface area contributed by atoms with E-state index in [-0.39, 0.29) is 0 Å². The second kappa shape index (κ2) is 7.61. The van der Waals surface area contributed by atoms with E-state index in [1.807, 2.05) is 0 Å². The lowest BCUT2D eigenvalue weighted by Crippen LogP contribution is -2.27. The van der Waals surface area contributed by atoms with Crippen molar-refractivity contribution in [2.45, 2.75) is 26.4 Å². The van der Waals surface area contributed by atoms with E-state index in [4.69, 9.17) is 9.47 Å². The van der Waals surface area contributed by atoms with Gasteiger partial charge in [-0.05, 0) is 69.3 Å². The Bertz CT molecular complexity index is 758. The largest absolute Gasteiger partial charge is 0.444 e. The van der Waals surface area contributed by atoms with Crippen LogP contribution in [0.2, 0.25) is 0 Å². The Morgan fingerprint density at radius 3 is 2.08 bits per heavy atom. The normalized spacial score (nSPS) is 10.7. The fraction of sp³-hybridized carbons (Fsp3) is 0.211. The first kappa shape index (κ1) is 18.2. The zero-order chi connectivity index (χ0) is 18.4. The molecule has 1 N–H and O–H groups in total. The van der Waals surface area contributed by atoms with Crippen LogP contribution in [0.4, 0.5) is 10.5 Å². The van der Waals surface area contributed by atoms with Gasteiger partial charge in [-0.25, -0.2) is 9.59 Å². The molecule has 6 heteroatoms. The molecule has 0 atom stereocenters. The quantitative estimate of drug-likeness (QED) is 0.515. The first-order valence-corrected chi connectivity index (χ1v) is 7.64. The minimum Gasteiger partial charge on any atom is -0.444 e. The van der Waals surface area contributed by atoms with Crippen molar-refractivity contribution in [3.63, 3.8) is 0 Å². The summed E-state index contributed by atoms with van der Waals surface area (Å²) in [5, 5.41) is 2.58. The zero-order valence-electron chi connectivity index (χ0n) is 14.2. The van der Waals surface area contributed by atoms with Crippen LogP contribution in [-0.4, -0.2) is 23.9 Å². The van der Waals surface area contributed by atoms with E-state index in [9.17, 15) is 14.4 Å². The maximum Gasteiger partial charge on any atom is 0.412 e. The molecule has 2 aromatic carbocycles. The summed E-state index contributed by atoms with van der Waals surface area (Å²) in [5.74, 6) is -0.200. The number of esters is 1. The number of aldehydes is 1. The van der Waals surface area contributed by atoms with Gasteiger partial charge in [-0.15, -0.1) is 0 Å². The maximum atomic E-state index is 12.1. The smallest absolute Gasteiger partial charge is 0.412 e. The van der Waals surface area contributed by atoms with Gasteiger partial charge in [-0.1, -0.05) is 0 Å². The lowest BCUT2D eigenvalue weighted by molar-refractivity contribution is 0.0635. The van der Waals surface area contributed by atoms with Crippen LogP contribution < -0.4 is 10.1 Å². The highest BCUT2D eigenvalue weighted by atomic mass is 16.6. The molecule has 0 fully saturated rings. The third kappa shape index (κ3) is 5.76. The number of carbonyl (C=O) groups is 3. The minimum absolute atomic E-state index is 0.328. The number of amides is 1. The average molecular weight is 341 g/mol. The molecule has 1 amide bonds. The second-order valence-corrected chi connectivity index (χ2v) is 6.28. The van der Waals surface area contributed by atoms with Crippen LogP contribution in [0.3, 0.4) is 0 Å². The molecule has 0 saturated carbocycles. The van der Waals surface area contributed by atoms with Gasteiger partial charge in [0.15, 0.2) is 0 Å². The van der Waals surface area contributed by atoms with Crippen LogP contribution >= 0.6 is 0 Å². The summed E-state index contributed by atoms with van der Waals surface area (Å²) < 4.78 is 10.4. The van der Waals surface area contributed by atoms with Crippen LogP contribution in [0, 0.1) is 0 Å². The lowest BCUT2D eigenvalue weighted by atomic mass is 10.2. The van der Waals surface area contributed by atoms with E-state index in [2.05, 4.69) is 5.32 Å². The standard InChI is InChI=1S/C19H19NO5/c1-19(2,3)25-18(23)20-15-8-6-14(7-9-15)17(22)24-16-10-4-13(12-21)5-11-16/h4-12H,1-3H3,(H,20,23). The van der Waals surface area contributed by atoms with Crippen LogP contribution in [0.25, 0.3) is 0 Å². The molecule has 0 unspecified atom stereocenters. The molecule has 130 valence electrons. The summed E-state index contributed by atoms with van der Waals surface area (Å²) in [6, 6.07) is 12.4. The first-order valence-electron chi connectivity index (χ1n) is 7.64. The Labute approximate surface area is 145 Å². The van der Waals surface area contributed by atoms with E-state index < -0.39 is 17.7 Å². The number of benzene rings is 2. The molecule has 2 rings (SSSR count). The van der Waals surface area contributed by atoms with Crippen molar-refractivity contribution in [1.82, 2.24) is 0 Å². The van der Waals surface area contributed by atoms with Crippen LogP contribution in [-0.2, 0) is 4.74 Å². The van der Waals surface area contributed by atoms with Gasteiger partial charge in [0.25, 0.3) is 0 Å². The number of carbonyl (C=O) groups excluding carboxylic acids is 3. The molecule has 0 saturated heterocycles. The molecular formula is C19H19NO5. The van der Waals surface area contributed by atoms with E-state index in [1.165, 1.54) is 12.1 Å². The highest BCUT2D eigenvalue weighted by Gasteiger charge is 2.16. The number of ether oxygens (including phenoxy) is 2. The van der Waals surface area contributed by atoms with E-state index >= 15 is 0 Å². The third-order valence-electron chi connectivity index (χ3n) is 2.99. The lowest BCUT2D eigenvalue weighted by Gasteiger charge is -2.19. The van der Waals surface area contributed by atoms with Crippen molar-refractivity contribution in [1.29, 1.82) is 0 Å². The molecule has 0 aliphatic carbocycles. The predicted octanol–water partition coefficient (Wildman–Crippen LogP) is 4.07. The Morgan fingerprint density at radius 1 is 0.960 bits per heavy atom. The number of nitrogens with one attached hydrogen (secondary N) is 1. The monoisotopic (exact) mass is 341 g/mol. The van der Waals surface area contributed by atoms with Gasteiger partial charge in [0, 0.05) is 11.3 Å². The van der Waals surface area contributed by atoms with Crippen molar-refractivity contribution in [3.8, 4) is 5.75 Å². The molecule has 0 aliphatic heterocycles. The summed E-state index contributed by atoms with van der Waals surface area (Å²) in [6.45, 7) is 5.31. The number of hydrogen-bond acceptors (Lipinski definition) is 5. The Morgan fingerprint density at radius 2 is 1.56 bits per heavy atom. The molecule has 0 aromatic heterocycles. The fourth-order valence-corrected chi connectivity index (χ4v) is 1.89. The molecule has 0 bridgehead atoms. The minimum atomic E-state index is -0.590. The SMILES string of the molecule is CC(C)(C)OC(=O)Nc1ccc(C(=O)Oc2ccc(C=O)cc2)cc1. The molecular weight excluding hydrogens is 322 g/mol. The summed E-state index contributed by atoms with van der Waals surface area (Å²) in [7, 11) is 0. The number of rotatable bonds is 4. The molecule has 0 radical (unpaired) electrons. The van der Waals surface area contributed by atoms with Gasteiger partial charge in [0.05, 0.1) is 5.56 Å². The van der Waals surface area contributed by atoms with Crippen molar-refractivity contribution >= 4 is 24.0 Å². The van der Waals surface area contributed by atoms with Crippen molar-refractivity contribution in [2.75, 3.05) is 5.32 Å². The summed E-state index contributed by atoms with van der Waals surface area (Å²) in [5.41, 5.74) is 0.737. The Balaban J connectivity index is 1.97. The number of hydrogen-bond donors (Lipinski definition) is 1. The summed E-state index contributed by atoms with van der Waals surface area (Å²) in [4.78, 5) is 34.4. The van der Waals surface area contributed by atoms with Gasteiger partial charge in [-0.2, -0.15) is 0 Å². The van der Waals surface area contributed by atoms with Gasteiger partial charge in [0.1, 0.15) is 17.6 Å². The van der Waals surface area contributed by atoms with Crippen molar-refractivity contribution in [2.24, 2.45) is 0 Å². The van der Waals surface area contributed by atoms with Gasteiger partial charge >= 0.3 is 12.1 Å². The highest BCUT2D eigenvalue weighted by molar-refractivity contribution is 5.92. The number of anilines is 1. The van der Waals surface area contributed by atoms with Gasteiger partial charge in [0.2, 0.25) is 0 Å². The summed E-state index contributed by atoms with van der Waals surface area (Å²) >= 11 is 0. The molecule has 2 aromatic rings. The average Bonchev–Trinajstić information content (AvgIpc) is 2.54. The Kier molecular flexibility index (Phi) is 5.54. The fourth-order valence-electron chi connectivity index (χ4n) is 1.89. The van der Waals surface area contributed by atoms with E-state index in [0.29, 0.717) is 28.8 Å². The topological polar surface area (TPSA) is 81.7 Å². The Hall–Kier alpha value is -3.15. The molecule has 0 aliphatic rings. The van der Waals surface area contributed by atoms with Crippen molar-refractivity contribution in [3.05, 3.63) is 59.7 Å². The van der Waals surface area contributed by atoms with Crippen LogP contribution in [0.1, 0.15) is 41.5 Å². The third-order valence-corrected chi connectivity index (χ3v) is 2.99. The first-order chi connectivity index (χ1) is 11.8. The van der Waals surface area contributed by atoms with Crippen LogP contribution in [0.15, 0.2) is 48.5 Å². The molecule has 25 heavy (non-hydrogen) atoms.